The molecule has 1 aliphatic rings. The number of carbonyl (C=O) groups excluding carboxylic acids is 1. The number of nitrogens with zero attached hydrogens (tertiary/aromatic N) is 1. The van der Waals surface area contributed by atoms with Crippen molar-refractivity contribution in [3.63, 3.8) is 0 Å². The summed E-state index contributed by atoms with van der Waals surface area (Å²) in [6, 6.07) is 13.1. The zero-order chi connectivity index (χ0) is 19.0. The molecule has 1 fully saturated rings. The Hall–Kier alpha value is -2.47. The van der Waals surface area contributed by atoms with Gasteiger partial charge in [0.2, 0.25) is 0 Å². The molecular formula is C21H22N2O3S. The summed E-state index contributed by atoms with van der Waals surface area (Å²) >= 11 is 0. The number of aromatic nitrogens is 2. The van der Waals surface area contributed by atoms with Crippen LogP contribution in [0.1, 0.15) is 42.9 Å². The Bertz CT molecular complexity index is 1050. The first-order valence-corrected chi connectivity index (χ1v) is 11.0. The number of benzene rings is 1. The highest BCUT2D eigenvalue weighted by Gasteiger charge is 2.27. The van der Waals surface area contributed by atoms with Gasteiger partial charge in [0.05, 0.1) is 4.90 Å². The van der Waals surface area contributed by atoms with Gasteiger partial charge in [-0.2, -0.15) is 0 Å². The van der Waals surface area contributed by atoms with E-state index in [-0.39, 0.29) is 5.92 Å². The highest BCUT2D eigenvalue weighted by atomic mass is 32.2. The second kappa shape index (κ2) is 6.93. The van der Waals surface area contributed by atoms with Crippen LogP contribution in [0.15, 0.2) is 53.6 Å². The number of nitrogens with one attached hydrogen (secondary N) is 1. The third kappa shape index (κ3) is 3.81. The summed E-state index contributed by atoms with van der Waals surface area (Å²) in [5.74, 6) is 0.768. The van der Waals surface area contributed by atoms with Crippen LogP contribution in [-0.2, 0) is 14.6 Å². The van der Waals surface area contributed by atoms with Gasteiger partial charge in [-0.3, -0.25) is 4.79 Å². The Morgan fingerprint density at radius 1 is 1.22 bits per heavy atom. The maximum Gasteiger partial charge on any atom is 0.175 e. The van der Waals surface area contributed by atoms with E-state index < -0.39 is 9.84 Å². The summed E-state index contributed by atoms with van der Waals surface area (Å²) in [4.78, 5) is 19.8. The monoisotopic (exact) mass is 382 g/mol. The lowest BCUT2D eigenvalue weighted by Crippen LogP contribution is -2.08. The molecule has 0 bridgehead atoms. The standard InChI is InChI=1S/C21H22N2O3S/c1-27(25,26)18-8-5-15(6-9-18)19(12-14-4-7-17(24)11-14)20-13-16-3-2-10-22-21(16)23-20/h2-3,5-6,8-10,13-14,19H,4,7,11-12H2,1H3,(H,22,23). The molecule has 0 aliphatic heterocycles. The fourth-order valence-electron chi connectivity index (χ4n) is 3.98. The summed E-state index contributed by atoms with van der Waals surface area (Å²) in [6.45, 7) is 0. The Labute approximate surface area is 158 Å². The van der Waals surface area contributed by atoms with Crippen molar-refractivity contribution in [1.82, 2.24) is 9.97 Å². The molecule has 1 saturated carbocycles. The molecule has 0 radical (unpaired) electrons. The van der Waals surface area contributed by atoms with Crippen molar-refractivity contribution >= 4 is 26.7 Å². The average molecular weight is 382 g/mol. The van der Waals surface area contributed by atoms with Crippen molar-refractivity contribution in [3.8, 4) is 0 Å². The molecule has 27 heavy (non-hydrogen) atoms. The Kier molecular flexibility index (Phi) is 4.60. The van der Waals surface area contributed by atoms with Gasteiger partial charge in [0.25, 0.3) is 0 Å². The summed E-state index contributed by atoms with van der Waals surface area (Å²) in [5, 5.41) is 1.05. The zero-order valence-corrected chi connectivity index (χ0v) is 16.0. The first-order valence-electron chi connectivity index (χ1n) is 9.15. The Balaban J connectivity index is 1.72. The first kappa shape index (κ1) is 17.9. The van der Waals surface area contributed by atoms with Crippen LogP contribution in [0.25, 0.3) is 11.0 Å². The first-order chi connectivity index (χ1) is 12.9. The van der Waals surface area contributed by atoms with Crippen molar-refractivity contribution in [2.24, 2.45) is 5.92 Å². The van der Waals surface area contributed by atoms with Crippen LogP contribution in [0, 0.1) is 5.92 Å². The minimum Gasteiger partial charge on any atom is -0.343 e. The summed E-state index contributed by atoms with van der Waals surface area (Å²) < 4.78 is 23.5. The molecule has 140 valence electrons. The highest BCUT2D eigenvalue weighted by molar-refractivity contribution is 7.90. The third-order valence-electron chi connectivity index (χ3n) is 5.42. The number of H-pyrrole nitrogens is 1. The van der Waals surface area contributed by atoms with E-state index in [2.05, 4.69) is 16.0 Å². The van der Waals surface area contributed by atoms with Crippen LogP contribution in [0.5, 0.6) is 0 Å². The van der Waals surface area contributed by atoms with Gasteiger partial charge in [0.1, 0.15) is 11.4 Å². The number of carbonyl (C=O) groups is 1. The van der Waals surface area contributed by atoms with E-state index in [1.807, 2.05) is 24.3 Å². The van der Waals surface area contributed by atoms with E-state index >= 15 is 0 Å². The van der Waals surface area contributed by atoms with Crippen LogP contribution in [0.2, 0.25) is 0 Å². The molecular weight excluding hydrogens is 360 g/mol. The lowest BCUT2D eigenvalue weighted by Gasteiger charge is -2.20. The van der Waals surface area contributed by atoms with Crippen molar-refractivity contribution in [2.45, 2.75) is 36.5 Å². The Morgan fingerprint density at radius 2 is 2.00 bits per heavy atom. The quantitative estimate of drug-likeness (QED) is 0.727. The van der Waals surface area contributed by atoms with Gasteiger partial charge in [0, 0.05) is 42.3 Å². The molecule has 1 N–H and O–H groups in total. The van der Waals surface area contributed by atoms with E-state index in [9.17, 15) is 13.2 Å². The van der Waals surface area contributed by atoms with Crippen LogP contribution in [0.4, 0.5) is 0 Å². The summed E-state index contributed by atoms with van der Waals surface area (Å²) in [6.07, 6.45) is 6.06. The number of pyridine rings is 1. The van der Waals surface area contributed by atoms with Crippen molar-refractivity contribution in [2.75, 3.05) is 6.26 Å². The molecule has 2 unspecified atom stereocenters. The maximum absolute atomic E-state index is 11.8. The lowest BCUT2D eigenvalue weighted by atomic mass is 9.85. The molecule has 1 aliphatic carbocycles. The second-order valence-corrected chi connectivity index (χ2v) is 9.46. The highest BCUT2D eigenvalue weighted by Crippen LogP contribution is 2.37. The van der Waals surface area contributed by atoms with Gasteiger partial charge >= 0.3 is 0 Å². The maximum atomic E-state index is 11.8. The van der Waals surface area contributed by atoms with Crippen molar-refractivity contribution in [3.05, 3.63) is 59.9 Å². The normalized spacial score (nSPS) is 18.9. The molecule has 3 aromatic rings. The van der Waals surface area contributed by atoms with Crippen molar-refractivity contribution in [1.29, 1.82) is 0 Å². The molecule has 6 heteroatoms. The van der Waals surface area contributed by atoms with E-state index in [0.717, 1.165) is 35.1 Å². The smallest absolute Gasteiger partial charge is 0.175 e. The Morgan fingerprint density at radius 3 is 2.63 bits per heavy atom. The van der Waals surface area contributed by atoms with Gasteiger partial charge in [-0.15, -0.1) is 0 Å². The zero-order valence-electron chi connectivity index (χ0n) is 15.2. The van der Waals surface area contributed by atoms with E-state index in [0.29, 0.717) is 29.4 Å². The van der Waals surface area contributed by atoms with Crippen LogP contribution in [-0.4, -0.2) is 30.4 Å². The molecule has 2 atom stereocenters. The SMILES string of the molecule is CS(=O)(=O)c1ccc(C(CC2CCC(=O)C2)c2cc3cccnc3[nH]2)cc1. The molecule has 2 aromatic heterocycles. The molecule has 5 nitrogen and oxygen atoms in total. The second-order valence-electron chi connectivity index (χ2n) is 7.44. The predicted octanol–water partition coefficient (Wildman–Crippen LogP) is 3.86. The minimum absolute atomic E-state index is 0.0729. The van der Waals surface area contributed by atoms with Gasteiger partial charge < -0.3 is 4.98 Å². The van der Waals surface area contributed by atoms with Crippen LogP contribution < -0.4 is 0 Å². The fraction of sp³-hybridized carbons (Fsp3) is 0.333. The molecule has 1 aromatic carbocycles. The number of hydrogen-bond acceptors (Lipinski definition) is 4. The van der Waals surface area contributed by atoms with Gasteiger partial charge in [-0.1, -0.05) is 12.1 Å². The third-order valence-corrected chi connectivity index (χ3v) is 6.54. The molecule has 0 amide bonds. The number of ketones is 1. The van der Waals surface area contributed by atoms with Crippen LogP contribution >= 0.6 is 0 Å². The molecule has 0 saturated heterocycles. The summed E-state index contributed by atoms with van der Waals surface area (Å²) in [7, 11) is -3.22. The largest absolute Gasteiger partial charge is 0.343 e. The molecule has 2 heterocycles. The number of rotatable bonds is 5. The number of Topliss-reactive ketones (excluding diaryl/α,β-unsaturated/α-hetero) is 1. The predicted molar refractivity (Wildman–Crippen MR) is 104 cm³/mol. The fourth-order valence-corrected chi connectivity index (χ4v) is 4.61. The summed E-state index contributed by atoms with van der Waals surface area (Å²) in [5.41, 5.74) is 2.94. The van der Waals surface area contributed by atoms with E-state index in [1.54, 1.807) is 18.3 Å². The topological polar surface area (TPSA) is 79.9 Å². The van der Waals surface area contributed by atoms with E-state index in [1.165, 1.54) is 6.26 Å². The number of hydrogen-bond donors (Lipinski definition) is 1. The number of fused-ring (bicyclic) bond motifs is 1. The van der Waals surface area contributed by atoms with E-state index in [4.69, 9.17) is 0 Å². The van der Waals surface area contributed by atoms with Gasteiger partial charge in [0.15, 0.2) is 9.84 Å². The van der Waals surface area contributed by atoms with Gasteiger partial charge in [-0.25, -0.2) is 13.4 Å². The minimum atomic E-state index is -3.22. The van der Waals surface area contributed by atoms with Crippen LogP contribution in [0.3, 0.4) is 0 Å². The average Bonchev–Trinajstić information content (AvgIpc) is 3.24. The lowest BCUT2D eigenvalue weighted by molar-refractivity contribution is -0.117. The van der Waals surface area contributed by atoms with Gasteiger partial charge in [-0.05, 0) is 54.7 Å². The number of sulfone groups is 1. The molecule has 4 rings (SSSR count). The number of aromatic amines is 1. The molecule has 0 spiro atoms. The van der Waals surface area contributed by atoms with Crippen molar-refractivity contribution < 1.29 is 13.2 Å².